The second-order valence-electron chi connectivity index (χ2n) is 4.48. The Labute approximate surface area is 129 Å². The van der Waals surface area contributed by atoms with Crippen LogP contribution in [-0.4, -0.2) is 25.1 Å². The van der Waals surface area contributed by atoms with E-state index in [2.05, 4.69) is 6.92 Å². The van der Waals surface area contributed by atoms with Crippen LogP contribution in [0.3, 0.4) is 0 Å². The number of hydrogen-bond donors (Lipinski definition) is 1. The molecule has 2 rings (SSSR count). The lowest BCUT2D eigenvalue weighted by atomic mass is 9.99. The number of ether oxygens (including phenoxy) is 2. The first-order valence-electron chi connectivity index (χ1n) is 6.83. The second-order valence-corrected chi connectivity index (χ2v) is 5.82. The van der Waals surface area contributed by atoms with Gasteiger partial charge < -0.3 is 14.6 Å². The van der Waals surface area contributed by atoms with Crippen molar-refractivity contribution in [2.24, 2.45) is 0 Å². The molecule has 0 heterocycles. The summed E-state index contributed by atoms with van der Waals surface area (Å²) < 4.78 is 10.7. The Bertz CT molecular complexity index is 559. The third-order valence-electron chi connectivity index (χ3n) is 3.25. The van der Waals surface area contributed by atoms with Gasteiger partial charge in [-0.3, -0.25) is 0 Å². The number of aliphatic hydroxyl groups is 1. The predicted molar refractivity (Wildman–Crippen MR) is 86.4 cm³/mol. The van der Waals surface area contributed by atoms with Gasteiger partial charge in [-0.25, -0.2) is 0 Å². The Kier molecular flexibility index (Phi) is 5.53. The van der Waals surface area contributed by atoms with Gasteiger partial charge in [0.15, 0.2) is 0 Å². The maximum Gasteiger partial charge on any atom is 0.128 e. The highest BCUT2D eigenvalue weighted by atomic mass is 32.2. The minimum Gasteiger partial charge on any atom is -0.496 e. The van der Waals surface area contributed by atoms with Crippen molar-refractivity contribution >= 4 is 11.8 Å². The Morgan fingerprint density at radius 2 is 1.57 bits per heavy atom. The molecule has 4 heteroatoms. The van der Waals surface area contributed by atoms with E-state index >= 15 is 0 Å². The Morgan fingerprint density at radius 1 is 1.00 bits per heavy atom. The molecule has 112 valence electrons. The van der Waals surface area contributed by atoms with Crippen LogP contribution in [0.4, 0.5) is 0 Å². The number of rotatable bonds is 6. The maximum absolute atomic E-state index is 10.7. The van der Waals surface area contributed by atoms with Crippen molar-refractivity contribution in [1.29, 1.82) is 0 Å². The minimum absolute atomic E-state index is 0.619. The predicted octanol–water partition coefficient (Wildman–Crippen LogP) is 3.90. The molecule has 0 fully saturated rings. The number of aliphatic hydroxyl groups excluding tert-OH is 1. The highest BCUT2D eigenvalue weighted by Crippen LogP contribution is 2.37. The maximum atomic E-state index is 10.7. The molecule has 1 N–H and O–H groups in total. The van der Waals surface area contributed by atoms with Gasteiger partial charge in [-0.15, -0.1) is 11.8 Å². The quantitative estimate of drug-likeness (QED) is 0.822. The molecular formula is C17H20O3S. The van der Waals surface area contributed by atoms with E-state index in [1.54, 1.807) is 26.0 Å². The van der Waals surface area contributed by atoms with E-state index in [-0.39, 0.29) is 0 Å². The topological polar surface area (TPSA) is 38.7 Å². The van der Waals surface area contributed by atoms with Gasteiger partial charge in [0.05, 0.1) is 19.8 Å². The third kappa shape index (κ3) is 3.52. The number of hydrogen-bond acceptors (Lipinski definition) is 4. The van der Waals surface area contributed by atoms with E-state index in [0.29, 0.717) is 17.1 Å². The van der Waals surface area contributed by atoms with Crippen LogP contribution in [0.25, 0.3) is 0 Å². The molecule has 2 aromatic rings. The molecular weight excluding hydrogens is 284 g/mol. The molecule has 2 aromatic carbocycles. The van der Waals surface area contributed by atoms with Crippen molar-refractivity contribution in [3.05, 3.63) is 53.6 Å². The molecule has 21 heavy (non-hydrogen) atoms. The van der Waals surface area contributed by atoms with Gasteiger partial charge in [0, 0.05) is 4.90 Å². The van der Waals surface area contributed by atoms with E-state index < -0.39 is 6.10 Å². The Hall–Kier alpha value is -1.65. The van der Waals surface area contributed by atoms with Crippen LogP contribution in [0.1, 0.15) is 24.2 Å². The molecule has 1 unspecified atom stereocenters. The zero-order chi connectivity index (χ0) is 15.2. The van der Waals surface area contributed by atoms with E-state index in [1.165, 1.54) is 4.90 Å². The summed E-state index contributed by atoms with van der Waals surface area (Å²) in [5.41, 5.74) is 1.47. The first-order valence-corrected chi connectivity index (χ1v) is 7.81. The van der Waals surface area contributed by atoms with Crippen LogP contribution in [0, 0.1) is 0 Å². The standard InChI is InChI=1S/C17H20O3S/c1-4-21-13-10-8-12(9-11-13)17(18)16-14(19-2)6-5-7-15(16)20-3/h5-11,17-18H,4H2,1-3H3. The summed E-state index contributed by atoms with van der Waals surface area (Å²) in [5, 5.41) is 10.7. The lowest BCUT2D eigenvalue weighted by Gasteiger charge is -2.18. The Morgan fingerprint density at radius 3 is 2.05 bits per heavy atom. The van der Waals surface area contributed by atoms with Crippen LogP contribution < -0.4 is 9.47 Å². The lowest BCUT2D eigenvalue weighted by molar-refractivity contribution is 0.208. The fraction of sp³-hybridized carbons (Fsp3) is 0.294. The summed E-state index contributed by atoms with van der Waals surface area (Å²) in [4.78, 5) is 1.19. The molecule has 0 aliphatic heterocycles. The van der Waals surface area contributed by atoms with Crippen LogP contribution in [0.5, 0.6) is 11.5 Å². The van der Waals surface area contributed by atoms with Crippen molar-refractivity contribution in [1.82, 2.24) is 0 Å². The van der Waals surface area contributed by atoms with Crippen LogP contribution in [0.15, 0.2) is 47.4 Å². The molecule has 0 saturated heterocycles. The van der Waals surface area contributed by atoms with E-state index in [9.17, 15) is 5.11 Å². The summed E-state index contributed by atoms with van der Waals surface area (Å²) in [6.07, 6.45) is -0.781. The van der Waals surface area contributed by atoms with Gasteiger partial charge >= 0.3 is 0 Å². The molecule has 3 nitrogen and oxygen atoms in total. The van der Waals surface area contributed by atoms with E-state index in [1.807, 2.05) is 42.5 Å². The monoisotopic (exact) mass is 304 g/mol. The summed E-state index contributed by atoms with van der Waals surface area (Å²) >= 11 is 1.78. The molecule has 0 spiro atoms. The highest BCUT2D eigenvalue weighted by Gasteiger charge is 2.20. The van der Waals surface area contributed by atoms with E-state index in [0.717, 1.165) is 11.3 Å². The van der Waals surface area contributed by atoms with Crippen molar-refractivity contribution in [3.63, 3.8) is 0 Å². The SMILES string of the molecule is CCSc1ccc(C(O)c2c(OC)cccc2OC)cc1. The Balaban J connectivity index is 2.37. The molecule has 0 aliphatic rings. The lowest BCUT2D eigenvalue weighted by Crippen LogP contribution is -2.05. The normalized spacial score (nSPS) is 12.0. The second kappa shape index (κ2) is 7.38. The fourth-order valence-electron chi connectivity index (χ4n) is 2.23. The largest absolute Gasteiger partial charge is 0.496 e. The molecule has 0 amide bonds. The highest BCUT2D eigenvalue weighted by molar-refractivity contribution is 7.99. The fourth-order valence-corrected chi connectivity index (χ4v) is 2.89. The molecule has 0 radical (unpaired) electrons. The van der Waals surface area contributed by atoms with Gasteiger partial charge in [0.1, 0.15) is 17.6 Å². The first-order chi connectivity index (χ1) is 10.2. The zero-order valence-electron chi connectivity index (χ0n) is 12.5. The smallest absolute Gasteiger partial charge is 0.128 e. The van der Waals surface area contributed by atoms with E-state index in [4.69, 9.17) is 9.47 Å². The number of methoxy groups -OCH3 is 2. The first kappa shape index (κ1) is 15.7. The van der Waals surface area contributed by atoms with Crippen LogP contribution >= 0.6 is 11.8 Å². The summed E-state index contributed by atoms with van der Waals surface area (Å²) in [6, 6.07) is 13.4. The average Bonchev–Trinajstić information content (AvgIpc) is 2.54. The van der Waals surface area contributed by atoms with Gasteiger partial charge in [-0.2, -0.15) is 0 Å². The van der Waals surface area contributed by atoms with Crippen LogP contribution in [-0.2, 0) is 0 Å². The van der Waals surface area contributed by atoms with Crippen molar-refractivity contribution in [2.75, 3.05) is 20.0 Å². The minimum atomic E-state index is -0.781. The summed E-state index contributed by atoms with van der Waals surface area (Å²) in [6.45, 7) is 2.12. The number of thioether (sulfide) groups is 1. The van der Waals surface area contributed by atoms with Crippen molar-refractivity contribution in [3.8, 4) is 11.5 Å². The van der Waals surface area contributed by atoms with Gasteiger partial charge in [-0.05, 0) is 35.6 Å². The molecule has 1 atom stereocenters. The molecule has 0 bridgehead atoms. The van der Waals surface area contributed by atoms with Crippen molar-refractivity contribution in [2.45, 2.75) is 17.9 Å². The molecule has 0 aliphatic carbocycles. The zero-order valence-corrected chi connectivity index (χ0v) is 13.3. The molecule has 0 aromatic heterocycles. The summed E-state index contributed by atoms with van der Waals surface area (Å²) in [7, 11) is 3.18. The van der Waals surface area contributed by atoms with Gasteiger partial charge in [0.2, 0.25) is 0 Å². The van der Waals surface area contributed by atoms with Crippen molar-refractivity contribution < 1.29 is 14.6 Å². The van der Waals surface area contributed by atoms with Crippen LogP contribution in [0.2, 0.25) is 0 Å². The average molecular weight is 304 g/mol. The number of benzene rings is 2. The third-order valence-corrected chi connectivity index (χ3v) is 4.14. The van der Waals surface area contributed by atoms with Gasteiger partial charge in [0.25, 0.3) is 0 Å². The summed E-state index contributed by atoms with van der Waals surface area (Å²) in [5.74, 6) is 2.27. The van der Waals surface area contributed by atoms with Gasteiger partial charge in [-0.1, -0.05) is 25.1 Å². The molecule has 0 saturated carbocycles.